The molecule has 124 valence electrons. The fourth-order valence-corrected chi connectivity index (χ4v) is 2.79. The Labute approximate surface area is 147 Å². The highest BCUT2D eigenvalue weighted by atomic mass is 79.9. The van der Waals surface area contributed by atoms with Gasteiger partial charge in [0.25, 0.3) is 11.8 Å². The monoisotopic (exact) mass is 390 g/mol. The Bertz CT molecular complexity index is 790. The maximum absolute atomic E-state index is 12.5. The first kappa shape index (κ1) is 16.3. The maximum Gasteiger partial charge on any atom is 0.256 e. The molecular formula is C17H15BrN2O4. The zero-order valence-electron chi connectivity index (χ0n) is 12.9. The minimum absolute atomic E-state index is 0.178. The first-order valence-electron chi connectivity index (χ1n) is 7.31. The molecule has 1 aliphatic heterocycles. The summed E-state index contributed by atoms with van der Waals surface area (Å²) >= 11 is 3.38. The van der Waals surface area contributed by atoms with Crippen LogP contribution in [0, 0.1) is 0 Å². The van der Waals surface area contributed by atoms with Gasteiger partial charge in [-0.15, -0.1) is 0 Å². The van der Waals surface area contributed by atoms with Gasteiger partial charge in [0.05, 0.1) is 5.56 Å². The van der Waals surface area contributed by atoms with Gasteiger partial charge in [0.1, 0.15) is 13.2 Å². The van der Waals surface area contributed by atoms with Crippen molar-refractivity contribution in [1.29, 1.82) is 0 Å². The Balaban J connectivity index is 1.78. The van der Waals surface area contributed by atoms with Crippen LogP contribution in [-0.2, 0) is 0 Å². The van der Waals surface area contributed by atoms with Crippen molar-refractivity contribution in [2.45, 2.75) is 0 Å². The van der Waals surface area contributed by atoms with Gasteiger partial charge < -0.3 is 20.1 Å². The van der Waals surface area contributed by atoms with Crippen molar-refractivity contribution in [1.82, 2.24) is 5.32 Å². The Morgan fingerprint density at radius 2 is 1.62 bits per heavy atom. The molecule has 2 aromatic carbocycles. The predicted octanol–water partition coefficient (Wildman–Crippen LogP) is 2.83. The minimum atomic E-state index is -0.286. The summed E-state index contributed by atoms with van der Waals surface area (Å²) in [5.74, 6) is 0.693. The molecule has 0 saturated heterocycles. The number of fused-ring (bicyclic) bond motifs is 1. The number of ether oxygens (including phenoxy) is 2. The molecule has 6 nitrogen and oxygen atoms in total. The largest absolute Gasteiger partial charge is 0.486 e. The van der Waals surface area contributed by atoms with Gasteiger partial charge in [0.15, 0.2) is 11.5 Å². The second-order valence-corrected chi connectivity index (χ2v) is 5.94. The van der Waals surface area contributed by atoms with Gasteiger partial charge in [-0.05, 0) is 52.3 Å². The molecule has 7 heteroatoms. The summed E-state index contributed by atoms with van der Waals surface area (Å²) in [6, 6.07) is 10.0. The quantitative estimate of drug-likeness (QED) is 0.844. The molecule has 24 heavy (non-hydrogen) atoms. The molecule has 1 heterocycles. The molecule has 1 aliphatic rings. The molecule has 0 aromatic heterocycles. The lowest BCUT2D eigenvalue weighted by Gasteiger charge is -2.19. The van der Waals surface area contributed by atoms with E-state index in [2.05, 4.69) is 26.6 Å². The molecule has 3 rings (SSSR count). The summed E-state index contributed by atoms with van der Waals surface area (Å²) in [5.41, 5.74) is 1.56. The predicted molar refractivity (Wildman–Crippen MR) is 92.9 cm³/mol. The number of carbonyl (C=O) groups is 2. The van der Waals surface area contributed by atoms with Crippen LogP contribution >= 0.6 is 15.9 Å². The summed E-state index contributed by atoms with van der Waals surface area (Å²) < 4.78 is 11.6. The van der Waals surface area contributed by atoms with Gasteiger partial charge in [0.2, 0.25) is 0 Å². The number of benzene rings is 2. The summed E-state index contributed by atoms with van der Waals surface area (Å²) in [4.78, 5) is 24.0. The molecule has 0 aliphatic carbocycles. The standard InChI is InChI=1S/C17H15BrN2O4/c1-19-16(21)10-2-4-11(5-3-10)20-17(22)12-8-14-15(9-13(12)18)24-7-6-23-14/h2-5,8-9H,6-7H2,1H3,(H,19,21)(H,20,22). The van der Waals surface area contributed by atoms with E-state index in [1.54, 1.807) is 43.4 Å². The van der Waals surface area contributed by atoms with E-state index in [-0.39, 0.29) is 11.8 Å². The van der Waals surface area contributed by atoms with Crippen LogP contribution in [-0.4, -0.2) is 32.1 Å². The molecule has 0 saturated carbocycles. The van der Waals surface area contributed by atoms with Crippen molar-refractivity contribution in [3.8, 4) is 11.5 Å². The molecule has 2 amide bonds. The molecule has 2 N–H and O–H groups in total. The highest BCUT2D eigenvalue weighted by Gasteiger charge is 2.19. The molecule has 0 atom stereocenters. The summed E-state index contributed by atoms with van der Waals surface area (Å²) in [7, 11) is 1.57. The van der Waals surface area contributed by atoms with Crippen molar-refractivity contribution in [3.05, 3.63) is 52.0 Å². The molecular weight excluding hydrogens is 376 g/mol. The van der Waals surface area contributed by atoms with Crippen LogP contribution in [0.5, 0.6) is 11.5 Å². The van der Waals surface area contributed by atoms with Crippen LogP contribution in [0.3, 0.4) is 0 Å². The van der Waals surface area contributed by atoms with E-state index in [9.17, 15) is 9.59 Å². The smallest absolute Gasteiger partial charge is 0.256 e. The number of anilines is 1. The number of hydrogen-bond donors (Lipinski definition) is 2. The van der Waals surface area contributed by atoms with E-state index < -0.39 is 0 Å². The number of halogens is 1. The van der Waals surface area contributed by atoms with Gasteiger partial charge in [-0.2, -0.15) is 0 Å². The molecule has 0 radical (unpaired) electrons. The van der Waals surface area contributed by atoms with Crippen molar-refractivity contribution >= 4 is 33.4 Å². The average Bonchev–Trinajstić information content (AvgIpc) is 2.61. The second kappa shape index (κ2) is 6.92. The van der Waals surface area contributed by atoms with Crippen LogP contribution < -0.4 is 20.1 Å². The summed E-state index contributed by atoms with van der Waals surface area (Å²) in [5, 5.41) is 5.34. The van der Waals surface area contributed by atoms with Gasteiger partial charge in [-0.3, -0.25) is 9.59 Å². The van der Waals surface area contributed by atoms with Gasteiger partial charge in [-0.1, -0.05) is 0 Å². The fraction of sp³-hybridized carbons (Fsp3) is 0.176. The third-order valence-corrected chi connectivity index (χ3v) is 4.16. The molecule has 0 fully saturated rings. The third kappa shape index (κ3) is 3.35. The van der Waals surface area contributed by atoms with E-state index >= 15 is 0 Å². The van der Waals surface area contributed by atoms with Crippen molar-refractivity contribution < 1.29 is 19.1 Å². The van der Waals surface area contributed by atoms with E-state index in [0.717, 1.165) is 0 Å². The second-order valence-electron chi connectivity index (χ2n) is 5.09. The zero-order valence-corrected chi connectivity index (χ0v) is 14.5. The van der Waals surface area contributed by atoms with E-state index in [1.807, 2.05) is 0 Å². The van der Waals surface area contributed by atoms with Crippen molar-refractivity contribution in [2.24, 2.45) is 0 Å². The van der Waals surface area contributed by atoms with E-state index in [4.69, 9.17) is 9.47 Å². The van der Waals surface area contributed by atoms with Crippen LogP contribution in [0.1, 0.15) is 20.7 Å². The van der Waals surface area contributed by atoms with Crippen molar-refractivity contribution in [2.75, 3.05) is 25.6 Å². The first-order chi connectivity index (χ1) is 11.6. The molecule has 2 aromatic rings. The zero-order chi connectivity index (χ0) is 17.1. The Morgan fingerprint density at radius 1 is 1.00 bits per heavy atom. The highest BCUT2D eigenvalue weighted by Crippen LogP contribution is 2.35. The summed E-state index contributed by atoms with van der Waals surface area (Å²) in [6.07, 6.45) is 0. The molecule has 0 unspecified atom stereocenters. The fourth-order valence-electron chi connectivity index (χ4n) is 2.29. The van der Waals surface area contributed by atoms with Crippen LogP contribution in [0.15, 0.2) is 40.9 Å². The number of amides is 2. The third-order valence-electron chi connectivity index (χ3n) is 3.51. The molecule has 0 bridgehead atoms. The molecule has 0 spiro atoms. The van der Waals surface area contributed by atoms with Gasteiger partial charge >= 0.3 is 0 Å². The minimum Gasteiger partial charge on any atom is -0.486 e. The van der Waals surface area contributed by atoms with Gasteiger partial charge in [0, 0.05) is 22.8 Å². The average molecular weight is 391 g/mol. The van der Waals surface area contributed by atoms with E-state index in [0.29, 0.717) is 46.0 Å². The topological polar surface area (TPSA) is 76.7 Å². The number of nitrogens with one attached hydrogen (secondary N) is 2. The Morgan fingerprint density at radius 3 is 2.25 bits per heavy atom. The maximum atomic E-state index is 12.5. The van der Waals surface area contributed by atoms with Gasteiger partial charge in [-0.25, -0.2) is 0 Å². The SMILES string of the molecule is CNC(=O)c1ccc(NC(=O)c2cc3c(cc2Br)OCCO3)cc1. The number of hydrogen-bond acceptors (Lipinski definition) is 4. The highest BCUT2D eigenvalue weighted by molar-refractivity contribution is 9.10. The lowest BCUT2D eigenvalue weighted by atomic mass is 10.1. The number of rotatable bonds is 3. The van der Waals surface area contributed by atoms with E-state index in [1.165, 1.54) is 0 Å². The Kier molecular flexibility index (Phi) is 4.71. The first-order valence-corrected chi connectivity index (χ1v) is 8.10. The lowest BCUT2D eigenvalue weighted by molar-refractivity contribution is 0.0962. The lowest BCUT2D eigenvalue weighted by Crippen LogP contribution is -2.18. The number of carbonyl (C=O) groups excluding carboxylic acids is 2. The van der Waals surface area contributed by atoms with Crippen LogP contribution in [0.4, 0.5) is 5.69 Å². The van der Waals surface area contributed by atoms with Crippen molar-refractivity contribution in [3.63, 3.8) is 0 Å². The normalized spacial score (nSPS) is 12.4. The summed E-state index contributed by atoms with van der Waals surface area (Å²) in [6.45, 7) is 0.944. The van der Waals surface area contributed by atoms with Crippen LogP contribution in [0.25, 0.3) is 0 Å². The van der Waals surface area contributed by atoms with Crippen LogP contribution in [0.2, 0.25) is 0 Å². The Hall–Kier alpha value is -2.54.